The summed E-state index contributed by atoms with van der Waals surface area (Å²) >= 11 is 6.67. The Balaban J connectivity index is 1.03. The van der Waals surface area contributed by atoms with Crippen LogP contribution in [0.4, 0.5) is 10.7 Å². The van der Waals surface area contributed by atoms with E-state index in [0.29, 0.717) is 46.9 Å². The van der Waals surface area contributed by atoms with Crippen LogP contribution in [0, 0.1) is 0 Å². The van der Waals surface area contributed by atoms with E-state index < -0.39 is 10.0 Å². The molecule has 1 amide bonds. The van der Waals surface area contributed by atoms with Crippen molar-refractivity contribution >= 4 is 44.6 Å². The fourth-order valence-electron chi connectivity index (χ4n) is 6.76. The monoisotopic (exact) mass is 684 g/mol. The van der Waals surface area contributed by atoms with Crippen molar-refractivity contribution in [2.24, 2.45) is 0 Å². The Kier molecular flexibility index (Phi) is 9.34. The summed E-state index contributed by atoms with van der Waals surface area (Å²) < 4.78 is 34.2. The zero-order chi connectivity index (χ0) is 33.1. The van der Waals surface area contributed by atoms with Crippen LogP contribution in [0.2, 0.25) is 5.02 Å². The van der Waals surface area contributed by atoms with Gasteiger partial charge in [0.15, 0.2) is 0 Å². The van der Waals surface area contributed by atoms with E-state index in [9.17, 15) is 13.2 Å². The zero-order valence-corrected chi connectivity index (χ0v) is 28.0. The number of hydrogen-bond acceptors (Lipinski definition) is 8. The predicted octanol–water partition coefficient (Wildman–Crippen LogP) is 6.67. The number of rotatable bonds is 8. The number of amides is 1. The highest BCUT2D eigenvalue weighted by atomic mass is 35.5. The number of fused-ring (bicyclic) bond motifs is 1. The molecule has 2 aromatic heterocycles. The lowest BCUT2D eigenvalue weighted by molar-refractivity contribution is 0.0518. The molecule has 3 heterocycles. The molecular weight excluding hydrogens is 648 g/mol. The molecule has 10 nitrogen and oxygen atoms in total. The van der Waals surface area contributed by atoms with E-state index in [1.54, 1.807) is 53.7 Å². The lowest BCUT2D eigenvalue weighted by atomic mass is 9.89. The van der Waals surface area contributed by atoms with E-state index in [4.69, 9.17) is 21.3 Å². The summed E-state index contributed by atoms with van der Waals surface area (Å²) in [6.45, 7) is 3.16. The minimum Gasteiger partial charge on any atom is -0.445 e. The van der Waals surface area contributed by atoms with Gasteiger partial charge in [-0.1, -0.05) is 78.3 Å². The number of piperazine rings is 1. The Morgan fingerprint density at radius 3 is 2.40 bits per heavy atom. The minimum atomic E-state index is -3.86. The van der Waals surface area contributed by atoms with Gasteiger partial charge in [-0.3, -0.25) is 4.90 Å². The van der Waals surface area contributed by atoms with Gasteiger partial charge < -0.3 is 15.0 Å². The quantitative estimate of drug-likeness (QED) is 0.193. The smallest absolute Gasteiger partial charge is 0.410 e. The van der Waals surface area contributed by atoms with Crippen LogP contribution in [0.3, 0.4) is 0 Å². The molecule has 0 radical (unpaired) electrons. The third kappa shape index (κ3) is 6.76. The first-order chi connectivity index (χ1) is 23.4. The van der Waals surface area contributed by atoms with Gasteiger partial charge in [0, 0.05) is 55.4 Å². The highest BCUT2D eigenvalue weighted by molar-refractivity contribution is 7.90. The molecule has 1 unspecified atom stereocenters. The maximum atomic E-state index is 13.7. The van der Waals surface area contributed by atoms with Crippen molar-refractivity contribution in [2.45, 2.75) is 49.3 Å². The van der Waals surface area contributed by atoms with Gasteiger partial charge in [0.05, 0.1) is 27.3 Å². The van der Waals surface area contributed by atoms with Gasteiger partial charge in [0.1, 0.15) is 6.61 Å². The van der Waals surface area contributed by atoms with Crippen molar-refractivity contribution in [2.75, 3.05) is 31.5 Å². The Labute approximate surface area is 285 Å². The van der Waals surface area contributed by atoms with Crippen molar-refractivity contribution in [1.82, 2.24) is 23.7 Å². The largest absolute Gasteiger partial charge is 0.445 e. The van der Waals surface area contributed by atoms with E-state index >= 15 is 0 Å². The van der Waals surface area contributed by atoms with Crippen LogP contribution in [-0.2, 0) is 21.4 Å². The third-order valence-corrected chi connectivity index (χ3v) is 11.2. The van der Waals surface area contributed by atoms with Crippen LogP contribution in [0.5, 0.6) is 0 Å². The van der Waals surface area contributed by atoms with Crippen LogP contribution in [0.25, 0.3) is 22.2 Å². The average molecular weight is 685 g/mol. The fraction of sp³-hybridized carbons (Fsp3) is 0.306. The molecule has 5 aromatic rings. The van der Waals surface area contributed by atoms with Crippen LogP contribution in [-0.4, -0.2) is 76.5 Å². The average Bonchev–Trinajstić information content (AvgIpc) is 3.53. The summed E-state index contributed by atoms with van der Waals surface area (Å²) in [6.07, 6.45) is 6.97. The van der Waals surface area contributed by atoms with Gasteiger partial charge in [-0.05, 0) is 49.4 Å². The molecule has 1 aliphatic carbocycles. The van der Waals surface area contributed by atoms with Gasteiger partial charge in [-0.25, -0.2) is 27.2 Å². The molecule has 2 aliphatic rings. The second-order valence-electron chi connectivity index (χ2n) is 12.3. The van der Waals surface area contributed by atoms with E-state index in [2.05, 4.69) is 15.2 Å². The molecule has 48 heavy (non-hydrogen) atoms. The number of anilines is 1. The molecule has 1 saturated heterocycles. The molecule has 248 valence electrons. The van der Waals surface area contributed by atoms with Crippen molar-refractivity contribution in [1.29, 1.82) is 0 Å². The van der Waals surface area contributed by atoms with Gasteiger partial charge in [-0.2, -0.15) is 0 Å². The van der Waals surface area contributed by atoms with Crippen LogP contribution in [0.15, 0.2) is 102 Å². The molecule has 0 bridgehead atoms. The van der Waals surface area contributed by atoms with Crippen LogP contribution in [0.1, 0.15) is 31.2 Å². The SMILES string of the molecule is O=C(OCc1ccccc1)N1CCN(C2CCC[C@@H](Nc3ncc(Cl)c(-c4cn(S(=O)(=O)c5ccccc5)c5ccccc45)n3)C2)CC1. The number of benzene rings is 3. The third-order valence-electron chi connectivity index (χ3n) is 9.25. The van der Waals surface area contributed by atoms with E-state index in [0.717, 1.165) is 49.7 Å². The van der Waals surface area contributed by atoms with Crippen LogP contribution >= 0.6 is 11.6 Å². The number of carbonyl (C=O) groups excluding carboxylic acids is 1. The normalized spacial score (nSPS) is 18.9. The van der Waals surface area contributed by atoms with Gasteiger partial charge in [0.25, 0.3) is 10.0 Å². The highest BCUT2D eigenvalue weighted by Gasteiger charge is 2.31. The summed E-state index contributed by atoms with van der Waals surface area (Å²) in [5.74, 6) is 0.453. The number of para-hydroxylation sites is 1. The Morgan fingerprint density at radius 1 is 0.917 bits per heavy atom. The summed E-state index contributed by atoms with van der Waals surface area (Å²) in [7, 11) is -3.86. The maximum absolute atomic E-state index is 13.7. The molecule has 7 rings (SSSR count). The molecule has 3 aromatic carbocycles. The minimum absolute atomic E-state index is 0.159. The molecule has 1 saturated carbocycles. The van der Waals surface area contributed by atoms with E-state index in [1.165, 1.54) is 3.97 Å². The van der Waals surface area contributed by atoms with Crippen molar-refractivity contribution in [3.05, 3.63) is 108 Å². The Hall–Kier alpha value is -4.45. The first kappa shape index (κ1) is 32.1. The number of nitrogens with zero attached hydrogens (tertiary/aromatic N) is 5. The van der Waals surface area contributed by atoms with Gasteiger partial charge >= 0.3 is 6.09 Å². The van der Waals surface area contributed by atoms with E-state index in [1.807, 2.05) is 48.5 Å². The first-order valence-corrected chi connectivity index (χ1v) is 18.1. The molecule has 1 N–H and O–H groups in total. The summed E-state index contributed by atoms with van der Waals surface area (Å²) in [5, 5.41) is 4.60. The van der Waals surface area contributed by atoms with Crippen molar-refractivity contribution in [3.63, 3.8) is 0 Å². The van der Waals surface area contributed by atoms with Gasteiger partial charge in [0.2, 0.25) is 5.95 Å². The first-order valence-electron chi connectivity index (χ1n) is 16.3. The van der Waals surface area contributed by atoms with Crippen LogP contribution < -0.4 is 5.32 Å². The number of carbonyl (C=O) groups is 1. The second-order valence-corrected chi connectivity index (χ2v) is 14.5. The number of ether oxygens (including phenoxy) is 1. The van der Waals surface area contributed by atoms with Gasteiger partial charge in [-0.15, -0.1) is 0 Å². The van der Waals surface area contributed by atoms with E-state index in [-0.39, 0.29) is 23.6 Å². The molecule has 2 fully saturated rings. The summed E-state index contributed by atoms with van der Waals surface area (Å²) in [6, 6.07) is 26.0. The Bertz CT molecular complexity index is 2000. The summed E-state index contributed by atoms with van der Waals surface area (Å²) in [4.78, 5) is 26.5. The number of aromatic nitrogens is 3. The molecule has 12 heteroatoms. The lowest BCUT2D eigenvalue weighted by Gasteiger charge is -2.42. The molecule has 1 aliphatic heterocycles. The highest BCUT2D eigenvalue weighted by Crippen LogP contribution is 2.36. The second kappa shape index (κ2) is 14.0. The topological polar surface area (TPSA) is 110 Å². The summed E-state index contributed by atoms with van der Waals surface area (Å²) in [5.41, 5.74) is 2.60. The molecular formula is C36H37ClN6O4S. The lowest BCUT2D eigenvalue weighted by Crippen LogP contribution is -2.53. The fourth-order valence-corrected chi connectivity index (χ4v) is 8.34. The number of halogens is 1. The maximum Gasteiger partial charge on any atom is 0.410 e. The predicted molar refractivity (Wildman–Crippen MR) is 186 cm³/mol. The zero-order valence-electron chi connectivity index (χ0n) is 26.4. The molecule has 2 atom stereocenters. The van der Waals surface area contributed by atoms with Crippen molar-refractivity contribution < 1.29 is 17.9 Å². The number of nitrogens with one attached hydrogen (secondary N) is 1. The van der Waals surface area contributed by atoms with Crippen molar-refractivity contribution in [3.8, 4) is 11.3 Å². The standard InChI is InChI=1S/C36H37ClN6O4S/c37-32-23-38-35(40-34(32)31-24-43(33-17-8-7-16-30(31)33)48(45,46)29-14-5-2-6-15-29)39-27-12-9-13-28(22-27)41-18-20-42(21-19-41)36(44)47-25-26-10-3-1-4-11-26/h1-8,10-11,14-17,23-24,27-28H,9,12-13,18-22,25H2,(H,38,39,40)/t27-,28?/m1/s1. The Morgan fingerprint density at radius 2 is 1.62 bits per heavy atom. The molecule has 0 spiro atoms. The number of hydrogen-bond donors (Lipinski definition) is 1.